The van der Waals surface area contributed by atoms with E-state index in [0.717, 1.165) is 68.8 Å². The number of nitrogens with one attached hydrogen (secondary N) is 2. The molecule has 0 saturated carbocycles. The van der Waals surface area contributed by atoms with E-state index in [9.17, 15) is 4.79 Å². The minimum Gasteiger partial charge on any atom is -0.357 e. The number of para-hydroxylation sites is 1. The summed E-state index contributed by atoms with van der Waals surface area (Å²) >= 11 is 1.84. The van der Waals surface area contributed by atoms with Crippen molar-refractivity contribution in [3.8, 4) is 0 Å². The summed E-state index contributed by atoms with van der Waals surface area (Å²) < 4.78 is 0. The Morgan fingerprint density at radius 1 is 1.17 bits per heavy atom. The highest BCUT2D eigenvalue weighted by atomic mass is 32.2. The number of carbonyl (C=O) groups excluding carboxylic acids is 1. The highest BCUT2D eigenvalue weighted by Crippen LogP contribution is 2.21. The second-order valence-corrected chi connectivity index (χ2v) is 9.41. The lowest BCUT2D eigenvalue weighted by Gasteiger charge is -2.39. The van der Waals surface area contributed by atoms with Crippen molar-refractivity contribution in [1.29, 1.82) is 5.41 Å². The van der Waals surface area contributed by atoms with Crippen LogP contribution in [0.25, 0.3) is 0 Å². The molecule has 7 nitrogen and oxygen atoms in total. The van der Waals surface area contributed by atoms with E-state index in [4.69, 9.17) is 10.4 Å². The van der Waals surface area contributed by atoms with E-state index < -0.39 is 0 Å². The fraction of sp³-hybridized carbons (Fsp3) is 0.591. The molecule has 0 aromatic heterocycles. The predicted molar refractivity (Wildman–Crippen MR) is 124 cm³/mol. The number of piperazine rings is 1. The van der Waals surface area contributed by atoms with Gasteiger partial charge in [-0.15, -0.1) is 11.8 Å². The van der Waals surface area contributed by atoms with E-state index in [1.54, 1.807) is 0 Å². The number of aliphatic imine (C=N–C) groups is 1. The van der Waals surface area contributed by atoms with Crippen LogP contribution in [0.15, 0.2) is 35.3 Å². The number of carbonyl (C=O) groups is 1. The van der Waals surface area contributed by atoms with Gasteiger partial charge >= 0.3 is 0 Å². The summed E-state index contributed by atoms with van der Waals surface area (Å²) in [4.78, 5) is 24.4. The van der Waals surface area contributed by atoms with Gasteiger partial charge < -0.3 is 20.5 Å². The molecule has 3 fully saturated rings. The highest BCUT2D eigenvalue weighted by Gasteiger charge is 2.36. The molecule has 1 aromatic carbocycles. The number of amides is 1. The minimum absolute atomic E-state index is 0.0255. The average Bonchev–Trinajstić information content (AvgIpc) is 3.46. The Labute approximate surface area is 183 Å². The molecule has 3 saturated heterocycles. The lowest BCUT2D eigenvalue weighted by molar-refractivity contribution is -0.131. The lowest BCUT2D eigenvalue weighted by atomic mass is 10.1. The Morgan fingerprint density at radius 3 is 2.60 bits per heavy atom. The van der Waals surface area contributed by atoms with Crippen LogP contribution in [0.5, 0.6) is 0 Å². The molecule has 0 aliphatic carbocycles. The van der Waals surface area contributed by atoms with E-state index in [1.165, 1.54) is 0 Å². The SMILES string of the molecule is CC(=N)CC(=Nc1ccccc1)N1CCN(C2CNC(C(=O)N3CCSC3)C2)CC1. The molecular weight excluding hydrogens is 396 g/mol. The van der Waals surface area contributed by atoms with Crippen LogP contribution in [0.3, 0.4) is 0 Å². The number of hydrogen-bond acceptors (Lipinski definition) is 6. The fourth-order valence-electron chi connectivity index (χ4n) is 4.45. The van der Waals surface area contributed by atoms with Crippen LogP contribution < -0.4 is 5.32 Å². The van der Waals surface area contributed by atoms with Gasteiger partial charge in [0.15, 0.2) is 0 Å². The number of hydrogen-bond donors (Lipinski definition) is 2. The normalized spacial score (nSPS) is 25.7. The Bertz CT molecular complexity index is 771. The third kappa shape index (κ3) is 5.22. The quantitative estimate of drug-likeness (QED) is 0.554. The van der Waals surface area contributed by atoms with Gasteiger partial charge in [-0.25, -0.2) is 4.99 Å². The summed E-state index contributed by atoms with van der Waals surface area (Å²) in [6, 6.07) is 10.4. The third-order valence-electron chi connectivity index (χ3n) is 6.10. The number of thioether (sulfide) groups is 1. The van der Waals surface area contributed by atoms with Crippen molar-refractivity contribution in [3.63, 3.8) is 0 Å². The maximum atomic E-state index is 12.7. The molecule has 3 aliphatic rings. The predicted octanol–water partition coefficient (Wildman–Crippen LogP) is 2.03. The van der Waals surface area contributed by atoms with Crippen molar-refractivity contribution in [2.24, 2.45) is 4.99 Å². The third-order valence-corrected chi connectivity index (χ3v) is 7.07. The van der Waals surface area contributed by atoms with Crippen molar-refractivity contribution in [3.05, 3.63) is 30.3 Å². The number of benzene rings is 1. The van der Waals surface area contributed by atoms with Crippen LogP contribution in [0.2, 0.25) is 0 Å². The molecule has 0 radical (unpaired) electrons. The van der Waals surface area contributed by atoms with Gasteiger partial charge in [-0.3, -0.25) is 9.69 Å². The van der Waals surface area contributed by atoms with Crippen molar-refractivity contribution >= 4 is 34.9 Å². The standard InChI is InChI=1S/C22H32N6OS/c1-17(23)13-21(25-18-5-3-2-4-6-18)27-9-7-26(8-10-27)19-14-20(24-15-19)22(29)28-11-12-30-16-28/h2-6,19-20,23-24H,7-16H2,1H3. The van der Waals surface area contributed by atoms with Crippen molar-refractivity contribution < 1.29 is 4.79 Å². The van der Waals surface area contributed by atoms with E-state index in [1.807, 2.05) is 53.9 Å². The van der Waals surface area contributed by atoms with Crippen LogP contribution >= 0.6 is 11.8 Å². The largest absolute Gasteiger partial charge is 0.357 e. The zero-order chi connectivity index (χ0) is 20.9. The van der Waals surface area contributed by atoms with Crippen LogP contribution in [-0.4, -0.2) is 95.1 Å². The first-order valence-corrected chi connectivity index (χ1v) is 12.0. The molecule has 30 heavy (non-hydrogen) atoms. The smallest absolute Gasteiger partial charge is 0.240 e. The molecule has 1 aromatic rings. The van der Waals surface area contributed by atoms with Crippen LogP contribution in [0.4, 0.5) is 5.69 Å². The molecule has 4 rings (SSSR count). The van der Waals surface area contributed by atoms with E-state index >= 15 is 0 Å². The summed E-state index contributed by atoms with van der Waals surface area (Å²) in [5, 5.41) is 11.4. The van der Waals surface area contributed by atoms with Crippen LogP contribution in [-0.2, 0) is 4.79 Å². The molecule has 3 aliphatic heterocycles. The maximum Gasteiger partial charge on any atom is 0.240 e. The number of amidine groups is 1. The summed E-state index contributed by atoms with van der Waals surface area (Å²) in [5.41, 5.74) is 1.58. The Hall–Kier alpha value is -1.90. The van der Waals surface area contributed by atoms with Crippen LogP contribution in [0.1, 0.15) is 19.8 Å². The molecule has 0 bridgehead atoms. The van der Waals surface area contributed by atoms with Gasteiger partial charge in [0.05, 0.1) is 17.6 Å². The van der Waals surface area contributed by atoms with Crippen molar-refractivity contribution in [1.82, 2.24) is 20.0 Å². The first-order valence-electron chi connectivity index (χ1n) is 10.9. The fourth-order valence-corrected chi connectivity index (χ4v) is 5.40. The van der Waals surface area contributed by atoms with Gasteiger partial charge in [0, 0.05) is 63.2 Å². The minimum atomic E-state index is -0.0255. The monoisotopic (exact) mass is 428 g/mol. The second-order valence-electron chi connectivity index (χ2n) is 8.33. The summed E-state index contributed by atoms with van der Waals surface area (Å²) in [6.45, 7) is 7.39. The highest BCUT2D eigenvalue weighted by molar-refractivity contribution is 7.99. The molecule has 2 unspecified atom stereocenters. The van der Waals surface area contributed by atoms with E-state index in [0.29, 0.717) is 18.2 Å². The number of nitrogens with zero attached hydrogens (tertiary/aromatic N) is 4. The summed E-state index contributed by atoms with van der Waals surface area (Å²) in [6.07, 6.45) is 1.49. The average molecular weight is 429 g/mol. The van der Waals surface area contributed by atoms with Gasteiger partial charge in [-0.2, -0.15) is 0 Å². The molecule has 3 heterocycles. The van der Waals surface area contributed by atoms with Crippen LogP contribution in [0, 0.1) is 5.41 Å². The molecule has 2 atom stereocenters. The molecule has 0 spiro atoms. The lowest BCUT2D eigenvalue weighted by Crippen LogP contribution is -2.52. The molecule has 162 valence electrons. The van der Waals surface area contributed by atoms with Gasteiger partial charge in [-0.05, 0) is 25.5 Å². The first-order chi connectivity index (χ1) is 14.6. The van der Waals surface area contributed by atoms with Crippen molar-refractivity contribution in [2.45, 2.75) is 31.8 Å². The van der Waals surface area contributed by atoms with E-state index in [2.05, 4.69) is 15.1 Å². The summed E-state index contributed by atoms with van der Waals surface area (Å²) in [7, 11) is 0. The summed E-state index contributed by atoms with van der Waals surface area (Å²) in [5.74, 6) is 3.17. The Kier molecular flexibility index (Phi) is 7.07. The molecule has 1 amide bonds. The molecule has 8 heteroatoms. The number of rotatable bonds is 5. The molecule has 2 N–H and O–H groups in total. The van der Waals surface area contributed by atoms with Gasteiger partial charge in [0.2, 0.25) is 5.91 Å². The van der Waals surface area contributed by atoms with Gasteiger partial charge in [0.1, 0.15) is 5.84 Å². The first kappa shape index (κ1) is 21.3. The Balaban J connectivity index is 1.33. The topological polar surface area (TPSA) is 75.0 Å². The van der Waals surface area contributed by atoms with Gasteiger partial charge in [0.25, 0.3) is 0 Å². The van der Waals surface area contributed by atoms with E-state index in [-0.39, 0.29) is 11.9 Å². The maximum absolute atomic E-state index is 12.7. The zero-order valence-electron chi connectivity index (χ0n) is 17.7. The molecular formula is C22H32N6OS. The second kappa shape index (κ2) is 9.94. The Morgan fingerprint density at radius 2 is 1.93 bits per heavy atom. The zero-order valence-corrected chi connectivity index (χ0v) is 18.5. The van der Waals surface area contributed by atoms with Crippen molar-refractivity contribution in [2.75, 3.05) is 50.9 Å². The van der Waals surface area contributed by atoms with Gasteiger partial charge in [-0.1, -0.05) is 18.2 Å².